The molecule has 0 spiro atoms. The van der Waals surface area contributed by atoms with Crippen molar-refractivity contribution in [1.82, 2.24) is 0 Å². The van der Waals surface area contributed by atoms with Gasteiger partial charge in [0.05, 0.1) is 17.5 Å². The van der Waals surface area contributed by atoms with Crippen LogP contribution in [0.1, 0.15) is 16.1 Å². The van der Waals surface area contributed by atoms with E-state index in [4.69, 9.17) is 14.4 Å². The Bertz CT molecular complexity index is 1090. The lowest BCUT2D eigenvalue weighted by atomic mass is 10.1. The zero-order valence-corrected chi connectivity index (χ0v) is 17.2. The number of nitriles is 1. The molecule has 0 saturated carbocycles. The predicted octanol–water partition coefficient (Wildman–Crippen LogP) is 4.91. The van der Waals surface area contributed by atoms with Crippen LogP contribution in [0.4, 0.5) is 5.69 Å². The maximum atomic E-state index is 12.3. The van der Waals surface area contributed by atoms with Gasteiger partial charge in [-0.05, 0) is 37.3 Å². The van der Waals surface area contributed by atoms with E-state index >= 15 is 0 Å². The van der Waals surface area contributed by atoms with Gasteiger partial charge < -0.3 is 14.5 Å². The van der Waals surface area contributed by atoms with Crippen LogP contribution in [0.2, 0.25) is 0 Å². The molecule has 1 heterocycles. The molecule has 0 fully saturated rings. The number of nitrogens with zero attached hydrogens (tertiary/aromatic N) is 1. The summed E-state index contributed by atoms with van der Waals surface area (Å²) in [6, 6.07) is 14.6. The number of benzene rings is 2. The Balaban J connectivity index is 1.65. The molecule has 0 saturated heterocycles. The number of hydrogen-bond donors (Lipinski definition) is 1. The molecule has 0 unspecified atom stereocenters. The highest BCUT2D eigenvalue weighted by molar-refractivity contribution is 9.10. The van der Waals surface area contributed by atoms with Crippen LogP contribution in [-0.4, -0.2) is 24.2 Å². The molecular formula is C20H15BrN2O4S. The third-order valence-electron chi connectivity index (χ3n) is 3.87. The van der Waals surface area contributed by atoms with Crippen molar-refractivity contribution in [2.45, 2.75) is 11.8 Å². The molecule has 1 aromatic heterocycles. The minimum atomic E-state index is -0.702. The number of rotatable bonds is 6. The number of ether oxygens (including phenoxy) is 1. The Labute approximate surface area is 174 Å². The van der Waals surface area contributed by atoms with Crippen molar-refractivity contribution < 1.29 is 18.7 Å². The van der Waals surface area contributed by atoms with Gasteiger partial charge in [0.2, 0.25) is 5.76 Å². The minimum absolute atomic E-state index is 0.0749. The topological polar surface area (TPSA) is 92.3 Å². The van der Waals surface area contributed by atoms with Gasteiger partial charge in [-0.2, -0.15) is 5.26 Å². The largest absolute Gasteiger partial charge is 0.450 e. The number of fused-ring (bicyclic) bond motifs is 1. The lowest BCUT2D eigenvalue weighted by molar-refractivity contribution is -0.119. The van der Waals surface area contributed by atoms with Gasteiger partial charge in [0.25, 0.3) is 5.91 Å². The van der Waals surface area contributed by atoms with Gasteiger partial charge in [-0.25, -0.2) is 4.79 Å². The molecule has 0 atom stereocenters. The Morgan fingerprint density at radius 3 is 2.86 bits per heavy atom. The summed E-state index contributed by atoms with van der Waals surface area (Å²) in [5.74, 6) is -0.837. The van der Waals surface area contributed by atoms with Gasteiger partial charge >= 0.3 is 5.97 Å². The summed E-state index contributed by atoms with van der Waals surface area (Å²) >= 11 is 4.70. The molecule has 1 N–H and O–H groups in total. The molecule has 142 valence electrons. The molecule has 3 aromatic rings. The first-order valence-corrected chi connectivity index (χ1v) is 10.0. The van der Waals surface area contributed by atoms with E-state index in [1.165, 1.54) is 11.8 Å². The van der Waals surface area contributed by atoms with Gasteiger partial charge in [0.1, 0.15) is 5.58 Å². The van der Waals surface area contributed by atoms with E-state index in [1.54, 1.807) is 31.2 Å². The Morgan fingerprint density at radius 2 is 2.07 bits per heavy atom. The SMILES string of the molecule is Cc1c(C(=O)OCC(=O)Nc2ccccc2SCC#N)oc2ccc(Br)cc12. The number of anilines is 1. The summed E-state index contributed by atoms with van der Waals surface area (Å²) in [6.07, 6.45) is 0. The summed E-state index contributed by atoms with van der Waals surface area (Å²) in [7, 11) is 0. The van der Waals surface area contributed by atoms with Crippen molar-refractivity contribution >= 4 is 56.2 Å². The van der Waals surface area contributed by atoms with Crippen molar-refractivity contribution in [3.8, 4) is 6.07 Å². The highest BCUT2D eigenvalue weighted by atomic mass is 79.9. The number of para-hydroxylation sites is 1. The number of amides is 1. The second-order valence-electron chi connectivity index (χ2n) is 5.76. The predicted molar refractivity (Wildman–Crippen MR) is 110 cm³/mol. The van der Waals surface area contributed by atoms with E-state index in [9.17, 15) is 9.59 Å². The first-order chi connectivity index (χ1) is 13.5. The summed E-state index contributed by atoms with van der Waals surface area (Å²) < 4.78 is 11.5. The third-order valence-corrected chi connectivity index (χ3v) is 5.31. The number of furan rings is 1. The van der Waals surface area contributed by atoms with Gasteiger partial charge in [-0.3, -0.25) is 4.79 Å². The Morgan fingerprint density at radius 1 is 1.29 bits per heavy atom. The number of thioether (sulfide) groups is 1. The fourth-order valence-corrected chi connectivity index (χ4v) is 3.61. The van der Waals surface area contributed by atoms with Crippen LogP contribution < -0.4 is 5.32 Å². The first kappa shape index (κ1) is 20.0. The van der Waals surface area contributed by atoms with E-state index in [-0.39, 0.29) is 11.5 Å². The highest BCUT2D eigenvalue weighted by Crippen LogP contribution is 2.29. The molecule has 0 aliphatic heterocycles. The monoisotopic (exact) mass is 458 g/mol. The van der Waals surface area contributed by atoms with Crippen molar-refractivity contribution in [3.63, 3.8) is 0 Å². The van der Waals surface area contributed by atoms with E-state index in [0.717, 1.165) is 14.8 Å². The molecule has 28 heavy (non-hydrogen) atoms. The second-order valence-corrected chi connectivity index (χ2v) is 7.70. The van der Waals surface area contributed by atoms with E-state index in [0.29, 0.717) is 16.8 Å². The molecular weight excluding hydrogens is 444 g/mol. The molecule has 6 nitrogen and oxygen atoms in total. The van der Waals surface area contributed by atoms with Gasteiger partial charge in [0.15, 0.2) is 6.61 Å². The second kappa shape index (κ2) is 8.95. The Kier molecular flexibility index (Phi) is 6.39. The van der Waals surface area contributed by atoms with Crippen LogP contribution in [0, 0.1) is 18.3 Å². The van der Waals surface area contributed by atoms with Gasteiger partial charge in [-0.15, -0.1) is 11.8 Å². The lowest BCUT2D eigenvalue weighted by Crippen LogP contribution is -2.21. The first-order valence-electron chi connectivity index (χ1n) is 8.24. The minimum Gasteiger partial charge on any atom is -0.450 e. The van der Waals surface area contributed by atoms with Gasteiger partial charge in [-0.1, -0.05) is 28.1 Å². The van der Waals surface area contributed by atoms with Crippen LogP contribution in [-0.2, 0) is 9.53 Å². The normalized spacial score (nSPS) is 10.5. The van der Waals surface area contributed by atoms with Gasteiger partial charge in [0, 0.05) is 20.3 Å². The fourth-order valence-electron chi connectivity index (χ4n) is 2.58. The number of carbonyl (C=O) groups excluding carboxylic acids is 2. The molecule has 8 heteroatoms. The number of hydrogen-bond acceptors (Lipinski definition) is 6. The smallest absolute Gasteiger partial charge is 0.375 e. The highest BCUT2D eigenvalue weighted by Gasteiger charge is 2.20. The Hall–Kier alpha value is -2.76. The number of nitrogens with one attached hydrogen (secondary N) is 1. The maximum absolute atomic E-state index is 12.3. The summed E-state index contributed by atoms with van der Waals surface area (Å²) in [4.78, 5) is 25.3. The summed E-state index contributed by atoms with van der Waals surface area (Å²) in [5, 5.41) is 12.2. The average Bonchev–Trinajstić information content (AvgIpc) is 3.01. The molecule has 2 aromatic carbocycles. The standard InChI is InChI=1S/C20H15BrN2O4S/c1-12-14-10-13(21)6-7-16(14)27-19(12)20(25)26-11-18(24)23-15-4-2-3-5-17(15)28-9-8-22/h2-7,10H,9,11H2,1H3,(H,23,24). The molecule has 0 aliphatic carbocycles. The van der Waals surface area contributed by atoms with Crippen LogP contribution >= 0.6 is 27.7 Å². The molecule has 3 rings (SSSR count). The summed E-state index contributed by atoms with van der Waals surface area (Å²) in [5.41, 5.74) is 1.79. The fraction of sp³-hybridized carbons (Fsp3) is 0.150. The summed E-state index contributed by atoms with van der Waals surface area (Å²) in [6.45, 7) is 1.31. The average molecular weight is 459 g/mol. The number of aryl methyl sites for hydroxylation is 1. The van der Waals surface area contributed by atoms with Crippen LogP contribution in [0.25, 0.3) is 11.0 Å². The van der Waals surface area contributed by atoms with Crippen molar-refractivity contribution in [2.24, 2.45) is 0 Å². The van der Waals surface area contributed by atoms with Crippen LogP contribution in [0.3, 0.4) is 0 Å². The van der Waals surface area contributed by atoms with Crippen LogP contribution in [0.15, 0.2) is 56.2 Å². The molecule has 0 bridgehead atoms. The van der Waals surface area contributed by atoms with Crippen LogP contribution in [0.5, 0.6) is 0 Å². The molecule has 1 amide bonds. The quantitative estimate of drug-likeness (QED) is 0.416. The molecule has 0 aliphatic rings. The van der Waals surface area contributed by atoms with Crippen molar-refractivity contribution in [3.05, 3.63) is 58.3 Å². The molecule has 0 radical (unpaired) electrons. The zero-order chi connectivity index (χ0) is 20.1. The van der Waals surface area contributed by atoms with E-state index in [1.807, 2.05) is 24.3 Å². The number of carbonyl (C=O) groups is 2. The number of esters is 1. The van der Waals surface area contributed by atoms with Crippen molar-refractivity contribution in [1.29, 1.82) is 5.26 Å². The van der Waals surface area contributed by atoms with E-state index < -0.39 is 18.5 Å². The van der Waals surface area contributed by atoms with E-state index in [2.05, 4.69) is 21.2 Å². The third kappa shape index (κ3) is 4.55. The zero-order valence-electron chi connectivity index (χ0n) is 14.8. The lowest BCUT2D eigenvalue weighted by Gasteiger charge is -2.09. The maximum Gasteiger partial charge on any atom is 0.375 e. The number of halogens is 1. The van der Waals surface area contributed by atoms with Crippen molar-refractivity contribution in [2.75, 3.05) is 17.7 Å².